The van der Waals surface area contributed by atoms with Gasteiger partial charge in [0, 0.05) is 25.8 Å². The maximum atomic E-state index is 11.5. The molecule has 0 atom stereocenters. The molecule has 1 amide bonds. The molecule has 0 aliphatic heterocycles. The fourth-order valence-corrected chi connectivity index (χ4v) is 1.89. The van der Waals surface area contributed by atoms with Gasteiger partial charge in [0.2, 0.25) is 0 Å². The van der Waals surface area contributed by atoms with E-state index in [0.717, 1.165) is 17.8 Å². The molecule has 0 fully saturated rings. The van der Waals surface area contributed by atoms with Crippen molar-refractivity contribution < 1.29 is 9.53 Å². The minimum atomic E-state index is -0.474. The van der Waals surface area contributed by atoms with Crippen LogP contribution in [0, 0.1) is 6.92 Å². The monoisotopic (exact) mass is 335 g/mol. The van der Waals surface area contributed by atoms with Crippen molar-refractivity contribution in [2.24, 2.45) is 4.99 Å². The third-order valence-electron chi connectivity index (χ3n) is 2.92. The number of guanidine groups is 1. The molecule has 24 heavy (non-hydrogen) atoms. The van der Waals surface area contributed by atoms with Crippen LogP contribution in [-0.4, -0.2) is 42.8 Å². The first-order chi connectivity index (χ1) is 11.3. The fourth-order valence-electron chi connectivity index (χ4n) is 1.89. The van der Waals surface area contributed by atoms with Gasteiger partial charge in [-0.3, -0.25) is 9.98 Å². The number of alkyl carbamates (subject to hydrolysis) is 1. The summed E-state index contributed by atoms with van der Waals surface area (Å²) in [6, 6.07) is 5.92. The number of aryl methyl sites for hydroxylation is 1. The van der Waals surface area contributed by atoms with E-state index in [1.54, 1.807) is 7.05 Å². The molecule has 7 heteroatoms. The second-order valence-corrected chi connectivity index (χ2v) is 6.41. The summed E-state index contributed by atoms with van der Waals surface area (Å²) in [5.74, 6) is 0.704. The van der Waals surface area contributed by atoms with Gasteiger partial charge in [-0.15, -0.1) is 0 Å². The molecule has 0 saturated carbocycles. The van der Waals surface area contributed by atoms with Crippen molar-refractivity contribution in [3.63, 3.8) is 0 Å². The number of hydrogen-bond donors (Lipinski definition) is 3. The van der Waals surface area contributed by atoms with Crippen molar-refractivity contribution in [1.82, 2.24) is 20.9 Å². The van der Waals surface area contributed by atoms with Crippen molar-refractivity contribution in [2.45, 2.75) is 46.3 Å². The van der Waals surface area contributed by atoms with Crippen LogP contribution in [0.1, 0.15) is 38.6 Å². The zero-order valence-corrected chi connectivity index (χ0v) is 15.3. The van der Waals surface area contributed by atoms with Gasteiger partial charge in [-0.2, -0.15) is 0 Å². The molecule has 1 aromatic rings. The molecular weight excluding hydrogens is 306 g/mol. The first-order valence-corrected chi connectivity index (χ1v) is 8.14. The summed E-state index contributed by atoms with van der Waals surface area (Å²) in [4.78, 5) is 20.1. The van der Waals surface area contributed by atoms with Crippen LogP contribution in [0.3, 0.4) is 0 Å². The number of rotatable bonds is 6. The maximum absolute atomic E-state index is 11.5. The quantitative estimate of drug-likeness (QED) is 0.420. The number of pyridine rings is 1. The van der Waals surface area contributed by atoms with E-state index in [9.17, 15) is 4.79 Å². The number of nitrogens with zero attached hydrogens (tertiary/aromatic N) is 2. The Morgan fingerprint density at radius 3 is 2.54 bits per heavy atom. The lowest BCUT2D eigenvalue weighted by molar-refractivity contribution is 0.0527. The molecule has 0 aliphatic rings. The average molecular weight is 335 g/mol. The number of carbonyl (C=O) groups is 1. The molecule has 0 aliphatic carbocycles. The van der Waals surface area contributed by atoms with Crippen molar-refractivity contribution in [3.8, 4) is 0 Å². The van der Waals surface area contributed by atoms with Crippen LogP contribution in [0.25, 0.3) is 0 Å². The van der Waals surface area contributed by atoms with Crippen molar-refractivity contribution >= 4 is 12.1 Å². The zero-order chi connectivity index (χ0) is 18.0. The Hall–Kier alpha value is -2.31. The van der Waals surface area contributed by atoms with Gasteiger partial charge in [0.05, 0.1) is 12.2 Å². The van der Waals surface area contributed by atoms with Crippen LogP contribution in [0.15, 0.2) is 23.2 Å². The van der Waals surface area contributed by atoms with E-state index >= 15 is 0 Å². The van der Waals surface area contributed by atoms with Crippen LogP contribution in [-0.2, 0) is 11.3 Å². The smallest absolute Gasteiger partial charge is 0.407 e. The number of aliphatic imine (C=N–C) groups is 1. The van der Waals surface area contributed by atoms with Gasteiger partial charge in [0.15, 0.2) is 5.96 Å². The number of ether oxygens (including phenoxy) is 1. The second-order valence-electron chi connectivity index (χ2n) is 6.41. The van der Waals surface area contributed by atoms with Gasteiger partial charge in [-0.05, 0) is 46.2 Å². The van der Waals surface area contributed by atoms with Crippen LogP contribution in [0.5, 0.6) is 0 Å². The van der Waals surface area contributed by atoms with Gasteiger partial charge >= 0.3 is 6.09 Å². The first-order valence-electron chi connectivity index (χ1n) is 8.14. The molecule has 0 saturated heterocycles. The Kier molecular flexibility index (Phi) is 8.01. The molecular formula is C17H29N5O2. The van der Waals surface area contributed by atoms with Gasteiger partial charge in [-0.1, -0.05) is 6.07 Å². The summed E-state index contributed by atoms with van der Waals surface area (Å²) in [5.41, 5.74) is 1.48. The van der Waals surface area contributed by atoms with Gasteiger partial charge in [0.25, 0.3) is 0 Å². The number of nitrogens with one attached hydrogen (secondary N) is 3. The average Bonchev–Trinajstić information content (AvgIpc) is 2.48. The highest BCUT2D eigenvalue weighted by Crippen LogP contribution is 2.06. The van der Waals surface area contributed by atoms with Gasteiger partial charge in [0.1, 0.15) is 5.60 Å². The van der Waals surface area contributed by atoms with Crippen molar-refractivity contribution in [3.05, 3.63) is 29.6 Å². The van der Waals surface area contributed by atoms with Gasteiger partial charge in [-0.25, -0.2) is 4.79 Å². The molecule has 1 rings (SSSR count). The maximum Gasteiger partial charge on any atom is 0.407 e. The molecule has 3 N–H and O–H groups in total. The summed E-state index contributed by atoms with van der Waals surface area (Å²) >= 11 is 0. The molecule has 0 aromatic carbocycles. The summed E-state index contributed by atoms with van der Waals surface area (Å²) in [7, 11) is 1.72. The SMILES string of the molecule is CN=C(NCCCNC(=O)OC(C)(C)C)NCc1cccc(C)n1. The predicted molar refractivity (Wildman–Crippen MR) is 96.0 cm³/mol. The highest BCUT2D eigenvalue weighted by atomic mass is 16.6. The summed E-state index contributed by atoms with van der Waals surface area (Å²) in [6.07, 6.45) is 0.373. The number of carbonyl (C=O) groups excluding carboxylic acids is 1. The van der Waals surface area contributed by atoms with Crippen molar-refractivity contribution in [2.75, 3.05) is 20.1 Å². The Morgan fingerprint density at radius 2 is 1.92 bits per heavy atom. The third-order valence-corrected chi connectivity index (χ3v) is 2.92. The lowest BCUT2D eigenvalue weighted by Gasteiger charge is -2.19. The lowest BCUT2D eigenvalue weighted by Crippen LogP contribution is -2.39. The second kappa shape index (κ2) is 9.75. The van der Waals surface area contributed by atoms with E-state index < -0.39 is 11.7 Å². The number of amides is 1. The van der Waals surface area contributed by atoms with Gasteiger partial charge < -0.3 is 20.7 Å². The van der Waals surface area contributed by atoms with Crippen LogP contribution in [0.2, 0.25) is 0 Å². The van der Waals surface area contributed by atoms with Crippen molar-refractivity contribution in [1.29, 1.82) is 0 Å². The van der Waals surface area contributed by atoms with Crippen LogP contribution < -0.4 is 16.0 Å². The molecule has 0 bridgehead atoms. The van der Waals surface area contributed by atoms with E-state index in [1.165, 1.54) is 0 Å². The van der Waals surface area contributed by atoms with E-state index in [2.05, 4.69) is 25.9 Å². The van der Waals surface area contributed by atoms with E-state index in [0.29, 0.717) is 25.6 Å². The highest BCUT2D eigenvalue weighted by Gasteiger charge is 2.15. The van der Waals surface area contributed by atoms with E-state index in [1.807, 2.05) is 45.9 Å². The van der Waals surface area contributed by atoms with E-state index in [-0.39, 0.29) is 0 Å². The van der Waals surface area contributed by atoms with Crippen LogP contribution >= 0.6 is 0 Å². The minimum absolute atomic E-state index is 0.393. The summed E-state index contributed by atoms with van der Waals surface area (Å²) in [5, 5.41) is 9.13. The highest BCUT2D eigenvalue weighted by molar-refractivity contribution is 5.79. The predicted octanol–water partition coefficient (Wildman–Crippen LogP) is 1.97. The topological polar surface area (TPSA) is 87.6 Å². The molecule has 0 spiro atoms. The van der Waals surface area contributed by atoms with E-state index in [4.69, 9.17) is 4.74 Å². The Labute approximate surface area is 144 Å². The fraction of sp³-hybridized carbons (Fsp3) is 0.588. The zero-order valence-electron chi connectivity index (χ0n) is 15.3. The first kappa shape index (κ1) is 19.7. The number of hydrogen-bond acceptors (Lipinski definition) is 4. The normalized spacial score (nSPS) is 11.8. The lowest BCUT2D eigenvalue weighted by atomic mass is 10.2. The molecule has 0 radical (unpaired) electrons. The standard InChI is InChI=1S/C17H29N5O2/c1-13-8-6-9-14(22-13)12-21-15(18-5)19-10-7-11-20-16(23)24-17(2,3)4/h6,8-9H,7,10-12H2,1-5H3,(H,20,23)(H2,18,19,21). The summed E-state index contributed by atoms with van der Waals surface area (Å²) in [6.45, 7) is 9.33. The Bertz CT molecular complexity index is 552. The number of aromatic nitrogens is 1. The molecule has 7 nitrogen and oxygen atoms in total. The molecule has 1 aromatic heterocycles. The Balaban J connectivity index is 2.19. The molecule has 134 valence electrons. The summed E-state index contributed by atoms with van der Waals surface area (Å²) < 4.78 is 5.17. The largest absolute Gasteiger partial charge is 0.444 e. The molecule has 0 unspecified atom stereocenters. The molecule has 1 heterocycles. The minimum Gasteiger partial charge on any atom is -0.444 e. The Morgan fingerprint density at radius 1 is 1.21 bits per heavy atom. The van der Waals surface area contributed by atoms with Crippen LogP contribution in [0.4, 0.5) is 4.79 Å². The third kappa shape index (κ3) is 8.97.